The van der Waals surface area contributed by atoms with Gasteiger partial charge in [0.2, 0.25) is 5.91 Å². The van der Waals surface area contributed by atoms with Crippen molar-refractivity contribution < 1.29 is 19.1 Å². The maximum absolute atomic E-state index is 11.9. The molecule has 1 aromatic carbocycles. The summed E-state index contributed by atoms with van der Waals surface area (Å²) in [5.74, 6) is 0.597. The average Bonchev–Trinajstić information content (AvgIpc) is 2.94. The summed E-state index contributed by atoms with van der Waals surface area (Å²) >= 11 is 0. The molecule has 9 heteroatoms. The first-order valence-electron chi connectivity index (χ1n) is 6.29. The third-order valence-corrected chi connectivity index (χ3v) is 2.61. The van der Waals surface area contributed by atoms with Crippen LogP contribution in [0, 0.1) is 0 Å². The Labute approximate surface area is 126 Å². The number of aromatic nitrogens is 3. The molecule has 0 fully saturated rings. The second kappa shape index (κ2) is 7.07. The van der Waals surface area contributed by atoms with Gasteiger partial charge in [-0.3, -0.25) is 10.1 Å². The van der Waals surface area contributed by atoms with E-state index in [1.165, 1.54) is 13.3 Å². The number of ether oxygens (including phenoxy) is 2. The van der Waals surface area contributed by atoms with E-state index in [1.807, 2.05) is 0 Å². The number of carbonyl (C=O) groups excluding carboxylic acids is 2. The van der Waals surface area contributed by atoms with Gasteiger partial charge in [0.15, 0.2) is 5.82 Å². The fourth-order valence-electron chi connectivity index (χ4n) is 1.59. The molecule has 0 atom stereocenters. The van der Waals surface area contributed by atoms with Gasteiger partial charge in [0, 0.05) is 5.69 Å². The van der Waals surface area contributed by atoms with Crippen LogP contribution in [0.3, 0.4) is 0 Å². The Morgan fingerprint density at radius 3 is 2.55 bits per heavy atom. The van der Waals surface area contributed by atoms with E-state index >= 15 is 0 Å². The van der Waals surface area contributed by atoms with E-state index < -0.39 is 6.09 Å². The molecular formula is C13H15N5O4. The minimum atomic E-state index is -0.658. The number of nitrogens with zero attached hydrogens (tertiary/aromatic N) is 3. The Hall–Kier alpha value is -3.10. The summed E-state index contributed by atoms with van der Waals surface area (Å²) in [6.07, 6.45) is 0.659. The normalized spacial score (nSPS) is 9.91. The zero-order chi connectivity index (χ0) is 15.9. The molecule has 0 saturated carbocycles. The Bertz CT molecular complexity index is 653. The lowest BCUT2D eigenvalue weighted by Gasteiger charge is -2.05. The van der Waals surface area contributed by atoms with Crippen LogP contribution in [0.1, 0.15) is 0 Å². The van der Waals surface area contributed by atoms with Gasteiger partial charge in [-0.1, -0.05) is 0 Å². The lowest BCUT2D eigenvalue weighted by Crippen LogP contribution is -2.20. The van der Waals surface area contributed by atoms with Crippen molar-refractivity contribution >= 4 is 23.5 Å². The quantitative estimate of drug-likeness (QED) is 0.856. The van der Waals surface area contributed by atoms with E-state index in [0.29, 0.717) is 11.4 Å². The summed E-state index contributed by atoms with van der Waals surface area (Å²) in [5.41, 5.74) is 0.630. The minimum absolute atomic E-state index is 0.0884. The highest BCUT2D eigenvalue weighted by molar-refractivity contribution is 5.90. The van der Waals surface area contributed by atoms with Crippen LogP contribution in [0.2, 0.25) is 0 Å². The number of nitrogens with one attached hydrogen (secondary N) is 2. The van der Waals surface area contributed by atoms with Crippen LogP contribution in [0.15, 0.2) is 30.5 Å². The van der Waals surface area contributed by atoms with Gasteiger partial charge in [0.05, 0.1) is 20.4 Å². The lowest BCUT2D eigenvalue weighted by atomic mass is 10.3. The first-order chi connectivity index (χ1) is 10.6. The summed E-state index contributed by atoms with van der Waals surface area (Å²) < 4.78 is 9.46. The van der Waals surface area contributed by atoms with Crippen LogP contribution >= 0.6 is 0 Å². The average molecular weight is 305 g/mol. The predicted octanol–water partition coefficient (Wildman–Crippen LogP) is 1.10. The van der Waals surface area contributed by atoms with Crippen molar-refractivity contribution in [3.63, 3.8) is 0 Å². The van der Waals surface area contributed by atoms with Crippen LogP contribution in [0.25, 0.3) is 0 Å². The van der Waals surface area contributed by atoms with Gasteiger partial charge in [-0.05, 0) is 24.3 Å². The molecule has 0 spiro atoms. The minimum Gasteiger partial charge on any atom is -0.497 e. The number of hydrogen-bond donors (Lipinski definition) is 2. The highest BCUT2D eigenvalue weighted by Crippen LogP contribution is 2.14. The van der Waals surface area contributed by atoms with Crippen LogP contribution in [0.4, 0.5) is 16.3 Å². The molecular weight excluding hydrogens is 290 g/mol. The number of anilines is 2. The molecule has 2 N–H and O–H groups in total. The second-order valence-electron chi connectivity index (χ2n) is 4.15. The Morgan fingerprint density at radius 2 is 1.91 bits per heavy atom. The van der Waals surface area contributed by atoms with E-state index in [2.05, 4.69) is 25.6 Å². The zero-order valence-corrected chi connectivity index (χ0v) is 12.1. The molecule has 1 heterocycles. The summed E-state index contributed by atoms with van der Waals surface area (Å²) in [6.45, 7) is -0.0884. The van der Waals surface area contributed by atoms with Crippen LogP contribution in [-0.4, -0.2) is 41.2 Å². The van der Waals surface area contributed by atoms with Gasteiger partial charge in [-0.25, -0.2) is 4.79 Å². The molecule has 0 aliphatic rings. The number of amides is 2. The smallest absolute Gasteiger partial charge is 0.412 e. The van der Waals surface area contributed by atoms with Gasteiger partial charge >= 0.3 is 6.09 Å². The molecule has 0 radical (unpaired) electrons. The second-order valence-corrected chi connectivity index (χ2v) is 4.15. The molecule has 0 saturated heterocycles. The molecule has 0 unspecified atom stereocenters. The molecule has 116 valence electrons. The summed E-state index contributed by atoms with van der Waals surface area (Å²) in [5, 5.41) is 12.8. The third kappa shape index (κ3) is 4.20. The van der Waals surface area contributed by atoms with E-state index in [4.69, 9.17) is 4.74 Å². The predicted molar refractivity (Wildman–Crippen MR) is 77.7 cm³/mol. The number of methoxy groups -OCH3 is 2. The van der Waals surface area contributed by atoms with Gasteiger partial charge in [0.25, 0.3) is 0 Å². The Morgan fingerprint density at radius 1 is 1.18 bits per heavy atom. The van der Waals surface area contributed by atoms with Crippen molar-refractivity contribution in [2.24, 2.45) is 0 Å². The molecule has 2 aromatic rings. The molecule has 22 heavy (non-hydrogen) atoms. The standard InChI is InChI=1S/C13H15N5O4/c1-21-10-5-3-9(4-6-10)15-12(19)8-18-14-7-11(17-18)16-13(20)22-2/h3-7H,8H2,1-2H3,(H,15,19)(H,16,17,20). The third-order valence-electron chi connectivity index (χ3n) is 2.61. The van der Waals surface area contributed by atoms with Crippen molar-refractivity contribution in [1.29, 1.82) is 0 Å². The lowest BCUT2D eigenvalue weighted by molar-refractivity contribution is -0.117. The number of hydrogen-bond acceptors (Lipinski definition) is 6. The van der Waals surface area contributed by atoms with Crippen molar-refractivity contribution in [3.05, 3.63) is 30.5 Å². The maximum atomic E-state index is 11.9. The molecule has 0 aliphatic heterocycles. The highest BCUT2D eigenvalue weighted by atomic mass is 16.5. The first kappa shape index (κ1) is 15.3. The SMILES string of the molecule is COC(=O)Nc1cnn(CC(=O)Nc2ccc(OC)cc2)n1. The first-order valence-corrected chi connectivity index (χ1v) is 6.29. The van der Waals surface area contributed by atoms with Crippen molar-refractivity contribution in [2.45, 2.75) is 6.54 Å². The molecule has 0 bridgehead atoms. The van der Waals surface area contributed by atoms with Crippen LogP contribution in [-0.2, 0) is 16.1 Å². The van der Waals surface area contributed by atoms with Crippen molar-refractivity contribution in [2.75, 3.05) is 24.9 Å². The summed E-state index contributed by atoms with van der Waals surface area (Å²) in [4.78, 5) is 24.0. The van der Waals surface area contributed by atoms with E-state index in [-0.39, 0.29) is 18.3 Å². The number of benzene rings is 1. The van der Waals surface area contributed by atoms with Gasteiger partial charge in [0.1, 0.15) is 12.3 Å². The fourth-order valence-corrected chi connectivity index (χ4v) is 1.59. The van der Waals surface area contributed by atoms with E-state index in [1.54, 1.807) is 31.4 Å². The topological polar surface area (TPSA) is 107 Å². The van der Waals surface area contributed by atoms with E-state index in [9.17, 15) is 9.59 Å². The van der Waals surface area contributed by atoms with E-state index in [0.717, 1.165) is 4.80 Å². The molecule has 2 amide bonds. The Kier molecular flexibility index (Phi) is 4.91. The molecule has 0 aliphatic carbocycles. The number of rotatable bonds is 5. The maximum Gasteiger partial charge on any atom is 0.412 e. The highest BCUT2D eigenvalue weighted by Gasteiger charge is 2.09. The summed E-state index contributed by atoms with van der Waals surface area (Å²) in [6, 6.07) is 6.91. The largest absolute Gasteiger partial charge is 0.497 e. The van der Waals surface area contributed by atoms with Gasteiger partial charge in [-0.2, -0.15) is 9.90 Å². The molecule has 9 nitrogen and oxygen atoms in total. The molecule has 2 rings (SSSR count). The monoisotopic (exact) mass is 305 g/mol. The van der Waals surface area contributed by atoms with Crippen molar-refractivity contribution in [3.8, 4) is 5.75 Å². The van der Waals surface area contributed by atoms with Crippen LogP contribution in [0.5, 0.6) is 5.75 Å². The van der Waals surface area contributed by atoms with Crippen LogP contribution < -0.4 is 15.4 Å². The van der Waals surface area contributed by atoms with Crippen molar-refractivity contribution in [1.82, 2.24) is 15.0 Å². The Balaban J connectivity index is 1.89. The van der Waals surface area contributed by atoms with Gasteiger partial charge < -0.3 is 14.8 Å². The fraction of sp³-hybridized carbons (Fsp3) is 0.231. The van der Waals surface area contributed by atoms with Gasteiger partial charge in [-0.15, -0.1) is 5.10 Å². The summed E-state index contributed by atoms with van der Waals surface area (Å²) in [7, 11) is 2.80. The zero-order valence-electron chi connectivity index (χ0n) is 12.1. The number of carbonyl (C=O) groups is 2. The molecule has 1 aromatic heterocycles.